The van der Waals surface area contributed by atoms with E-state index in [2.05, 4.69) is 5.32 Å². The van der Waals surface area contributed by atoms with Crippen molar-refractivity contribution in [3.8, 4) is 23.0 Å². The van der Waals surface area contributed by atoms with E-state index in [-0.39, 0.29) is 5.92 Å². The van der Waals surface area contributed by atoms with Crippen LogP contribution in [0.3, 0.4) is 0 Å². The molecule has 0 unspecified atom stereocenters. The lowest BCUT2D eigenvalue weighted by Gasteiger charge is -2.44. The summed E-state index contributed by atoms with van der Waals surface area (Å²) in [6.45, 7) is 0. The summed E-state index contributed by atoms with van der Waals surface area (Å²) >= 11 is 0. The quantitative estimate of drug-likeness (QED) is 0.406. The molecule has 2 saturated carbocycles. The number of nitrogens with zero attached hydrogens (tertiary/aromatic N) is 1. The van der Waals surface area contributed by atoms with Gasteiger partial charge in [0.1, 0.15) is 34.8 Å². The number of benzene rings is 3. The molecule has 9 heteroatoms. The minimum atomic E-state index is -2.00. The molecule has 7 rings (SSSR count). The van der Waals surface area contributed by atoms with Gasteiger partial charge in [0.2, 0.25) is 5.72 Å². The predicted octanol–water partition coefficient (Wildman–Crippen LogP) is 4.27. The van der Waals surface area contributed by atoms with Gasteiger partial charge in [0, 0.05) is 24.0 Å². The van der Waals surface area contributed by atoms with Gasteiger partial charge in [0.15, 0.2) is 11.1 Å². The lowest BCUT2D eigenvalue weighted by atomic mass is 9.68. The fraction of sp³-hybridized carbons (Fsp3) is 0.394. The van der Waals surface area contributed by atoms with Crippen LogP contribution in [-0.4, -0.2) is 51.1 Å². The van der Waals surface area contributed by atoms with Crippen LogP contribution in [0.5, 0.6) is 23.0 Å². The SMILES string of the molecule is COC(=O)[C@@H]1[C@@H](c2ccccc2)[C@]2(c3ccc(OC)cc3)Oc3cc(OC)cc(OC)c3[C@@]23NC(C2CCC2)=N[C@@]13O. The molecule has 0 aromatic heterocycles. The molecule has 4 aliphatic rings. The highest BCUT2D eigenvalue weighted by Gasteiger charge is 2.87. The third kappa shape index (κ3) is 3.17. The van der Waals surface area contributed by atoms with E-state index in [4.69, 9.17) is 28.7 Å². The van der Waals surface area contributed by atoms with Crippen LogP contribution < -0.4 is 24.3 Å². The lowest BCUT2D eigenvalue weighted by Crippen LogP contribution is -2.63. The number of amidine groups is 1. The Morgan fingerprint density at radius 3 is 2.26 bits per heavy atom. The summed E-state index contributed by atoms with van der Waals surface area (Å²) in [5, 5.41) is 16.9. The van der Waals surface area contributed by atoms with Crippen molar-refractivity contribution in [3.05, 3.63) is 83.4 Å². The Labute approximate surface area is 244 Å². The number of esters is 1. The van der Waals surface area contributed by atoms with Crippen LogP contribution in [0.4, 0.5) is 0 Å². The Balaban J connectivity index is 1.62. The van der Waals surface area contributed by atoms with E-state index in [0.717, 1.165) is 30.4 Å². The summed E-state index contributed by atoms with van der Waals surface area (Å²) in [7, 11) is 6.10. The first kappa shape index (κ1) is 26.6. The van der Waals surface area contributed by atoms with E-state index in [9.17, 15) is 9.90 Å². The Morgan fingerprint density at radius 2 is 1.67 bits per heavy atom. The average Bonchev–Trinajstić information content (AvgIpc) is 3.52. The summed E-state index contributed by atoms with van der Waals surface area (Å²) in [5.74, 6) is 0.485. The van der Waals surface area contributed by atoms with Gasteiger partial charge in [-0.25, -0.2) is 4.99 Å². The monoisotopic (exact) mass is 570 g/mol. The van der Waals surface area contributed by atoms with Crippen molar-refractivity contribution in [1.82, 2.24) is 5.32 Å². The molecule has 9 nitrogen and oxygen atoms in total. The molecule has 218 valence electrons. The number of hydrogen-bond acceptors (Lipinski definition) is 9. The standard InChI is InChI=1S/C33H34N2O7/c1-38-22-15-13-21(14-16-22)31-26(19-9-6-5-7-10-19)28(30(36)41-4)33(37)32(31,34-29(35-33)20-11-8-12-20)27-24(40-3)17-23(39-2)18-25(27)42-31/h5-7,9-10,13-18,20,26,28,37H,8,11-12H2,1-4H3,(H,34,35)/t26-,28+,31+,32-,33-/m1/s1. The van der Waals surface area contributed by atoms with E-state index >= 15 is 0 Å². The number of carbonyl (C=O) groups is 1. The van der Waals surface area contributed by atoms with Gasteiger partial charge < -0.3 is 34.1 Å². The second-order valence-corrected chi connectivity index (χ2v) is 11.4. The number of rotatable bonds is 7. The second kappa shape index (κ2) is 9.39. The molecular formula is C33H34N2O7. The Morgan fingerprint density at radius 1 is 0.952 bits per heavy atom. The van der Waals surface area contributed by atoms with E-state index in [0.29, 0.717) is 34.4 Å². The minimum absolute atomic E-state index is 0.129. The zero-order valence-corrected chi connectivity index (χ0v) is 24.0. The summed E-state index contributed by atoms with van der Waals surface area (Å²) < 4.78 is 29.7. The van der Waals surface area contributed by atoms with Crippen LogP contribution in [0, 0.1) is 11.8 Å². The predicted molar refractivity (Wildman–Crippen MR) is 154 cm³/mol. The number of aliphatic imine (C=N–C) groups is 1. The zero-order chi connectivity index (χ0) is 29.3. The van der Waals surface area contributed by atoms with Crippen LogP contribution in [0.1, 0.15) is 41.9 Å². The highest BCUT2D eigenvalue weighted by Crippen LogP contribution is 2.75. The number of aliphatic hydroxyl groups is 1. The highest BCUT2D eigenvalue weighted by molar-refractivity contribution is 5.93. The van der Waals surface area contributed by atoms with Gasteiger partial charge in [-0.3, -0.25) is 4.79 Å². The molecule has 0 bridgehead atoms. The van der Waals surface area contributed by atoms with Crippen molar-refractivity contribution in [2.45, 2.75) is 42.0 Å². The molecule has 0 saturated heterocycles. The molecule has 2 aliphatic heterocycles. The fourth-order valence-corrected chi connectivity index (χ4v) is 7.67. The van der Waals surface area contributed by atoms with E-state index < -0.39 is 34.7 Å². The first-order chi connectivity index (χ1) is 20.4. The number of nitrogens with one attached hydrogen (secondary N) is 1. The van der Waals surface area contributed by atoms with Gasteiger partial charge in [-0.05, 0) is 36.1 Å². The Kier molecular flexibility index (Phi) is 5.96. The molecule has 0 radical (unpaired) electrons. The number of hydrogen-bond donors (Lipinski definition) is 2. The van der Waals surface area contributed by atoms with Gasteiger partial charge in [-0.1, -0.05) is 48.9 Å². The number of carbonyl (C=O) groups excluding carboxylic acids is 1. The molecule has 3 aromatic rings. The van der Waals surface area contributed by atoms with E-state index in [1.165, 1.54) is 7.11 Å². The molecule has 2 N–H and O–H groups in total. The Bertz CT molecular complexity index is 1570. The Hall–Kier alpha value is -4.24. The van der Waals surface area contributed by atoms with Gasteiger partial charge in [0.05, 0.1) is 34.0 Å². The van der Waals surface area contributed by atoms with Gasteiger partial charge in [-0.2, -0.15) is 0 Å². The summed E-state index contributed by atoms with van der Waals surface area (Å²) in [4.78, 5) is 19.0. The van der Waals surface area contributed by atoms with Gasteiger partial charge in [-0.15, -0.1) is 0 Å². The smallest absolute Gasteiger partial charge is 0.314 e. The second-order valence-electron chi connectivity index (χ2n) is 11.4. The van der Waals surface area contributed by atoms with Crippen LogP contribution in [0.25, 0.3) is 0 Å². The number of fused-ring (bicyclic) bond motifs is 1. The lowest BCUT2D eigenvalue weighted by molar-refractivity contribution is -0.156. The highest BCUT2D eigenvalue weighted by atomic mass is 16.5. The maximum atomic E-state index is 14.0. The fourth-order valence-electron chi connectivity index (χ4n) is 7.67. The molecule has 2 heterocycles. The molecule has 0 amide bonds. The van der Waals surface area contributed by atoms with Crippen molar-refractivity contribution in [1.29, 1.82) is 0 Å². The molecular weight excluding hydrogens is 536 g/mol. The largest absolute Gasteiger partial charge is 0.497 e. The minimum Gasteiger partial charge on any atom is -0.497 e. The number of ether oxygens (including phenoxy) is 5. The van der Waals surface area contributed by atoms with Crippen LogP contribution in [0.15, 0.2) is 71.7 Å². The van der Waals surface area contributed by atoms with Crippen molar-refractivity contribution in [2.24, 2.45) is 16.8 Å². The molecule has 2 aliphatic carbocycles. The first-order valence-electron chi connectivity index (χ1n) is 14.2. The number of methoxy groups -OCH3 is 4. The van der Waals surface area contributed by atoms with Crippen molar-refractivity contribution in [3.63, 3.8) is 0 Å². The van der Waals surface area contributed by atoms with Gasteiger partial charge in [0.25, 0.3) is 0 Å². The third-order valence-corrected chi connectivity index (χ3v) is 9.69. The van der Waals surface area contributed by atoms with Crippen LogP contribution >= 0.6 is 0 Å². The topological polar surface area (TPSA) is 108 Å². The van der Waals surface area contributed by atoms with Crippen molar-refractivity contribution in [2.75, 3.05) is 28.4 Å². The average molecular weight is 571 g/mol. The molecule has 5 atom stereocenters. The van der Waals surface area contributed by atoms with Crippen LogP contribution in [-0.2, 0) is 20.7 Å². The molecule has 1 spiro atoms. The summed E-state index contributed by atoms with van der Waals surface area (Å²) in [6.07, 6.45) is 2.94. The maximum Gasteiger partial charge on any atom is 0.314 e. The summed E-state index contributed by atoms with van der Waals surface area (Å²) in [5.41, 5.74) is -2.74. The van der Waals surface area contributed by atoms with E-state index in [1.807, 2.05) is 54.6 Å². The maximum absolute atomic E-state index is 14.0. The normalized spacial score (nSPS) is 30.5. The van der Waals surface area contributed by atoms with Crippen molar-refractivity contribution < 1.29 is 33.6 Å². The third-order valence-electron chi connectivity index (χ3n) is 9.69. The van der Waals surface area contributed by atoms with Crippen molar-refractivity contribution >= 4 is 11.8 Å². The van der Waals surface area contributed by atoms with Crippen LogP contribution in [0.2, 0.25) is 0 Å². The zero-order valence-electron chi connectivity index (χ0n) is 24.0. The summed E-state index contributed by atoms with van der Waals surface area (Å²) in [6, 6.07) is 20.8. The molecule has 42 heavy (non-hydrogen) atoms. The van der Waals surface area contributed by atoms with E-state index in [1.54, 1.807) is 33.5 Å². The first-order valence-corrected chi connectivity index (χ1v) is 14.2. The molecule has 3 aromatic carbocycles. The van der Waals surface area contributed by atoms with Gasteiger partial charge >= 0.3 is 5.97 Å². The molecule has 2 fully saturated rings.